The molecule has 2 aromatic carbocycles. The average molecular weight is 358 g/mol. The number of ether oxygens (including phenoxy) is 1. The van der Waals surface area contributed by atoms with Crippen molar-refractivity contribution >= 4 is 23.3 Å². The smallest absolute Gasteiger partial charge is 0.204 e. The normalized spacial score (nSPS) is 20.1. The maximum Gasteiger partial charge on any atom is 0.204 e. The molecule has 1 heterocycles. The van der Waals surface area contributed by atoms with Crippen molar-refractivity contribution < 1.29 is 9.53 Å². The third-order valence-corrected chi connectivity index (χ3v) is 5.42. The summed E-state index contributed by atoms with van der Waals surface area (Å²) in [6.45, 7) is 4.33. The van der Waals surface area contributed by atoms with E-state index in [0.29, 0.717) is 5.71 Å². The second kappa shape index (κ2) is 6.23. The van der Waals surface area contributed by atoms with Crippen LogP contribution < -0.4 is 9.64 Å². The van der Waals surface area contributed by atoms with Gasteiger partial charge in [0, 0.05) is 35.6 Å². The lowest BCUT2D eigenvalue weighted by atomic mass is 9.84. The summed E-state index contributed by atoms with van der Waals surface area (Å²) in [4.78, 5) is 19.2. The molecule has 0 unspecified atom stereocenters. The van der Waals surface area contributed by atoms with E-state index >= 15 is 0 Å². The van der Waals surface area contributed by atoms with E-state index in [0.717, 1.165) is 28.3 Å². The van der Waals surface area contributed by atoms with Crippen molar-refractivity contribution in [3.8, 4) is 5.75 Å². The van der Waals surface area contributed by atoms with E-state index in [9.17, 15) is 4.79 Å². The molecule has 4 nitrogen and oxygen atoms in total. The van der Waals surface area contributed by atoms with Gasteiger partial charge in [0.1, 0.15) is 11.5 Å². The molecule has 1 aliphatic heterocycles. The molecule has 0 aromatic heterocycles. The molecule has 4 heteroatoms. The Kier molecular flexibility index (Phi) is 3.99. The van der Waals surface area contributed by atoms with Gasteiger partial charge in [-0.05, 0) is 35.4 Å². The van der Waals surface area contributed by atoms with Crippen molar-refractivity contribution in [3.63, 3.8) is 0 Å². The van der Waals surface area contributed by atoms with Crippen LogP contribution in [0.5, 0.6) is 5.75 Å². The van der Waals surface area contributed by atoms with Crippen LogP contribution in [0.2, 0.25) is 0 Å². The number of likely N-dealkylation sites (N-methyl/N-ethyl adjacent to an activating group) is 1. The van der Waals surface area contributed by atoms with Crippen LogP contribution in [-0.2, 0) is 10.2 Å². The summed E-state index contributed by atoms with van der Waals surface area (Å²) in [5.41, 5.74) is 5.49. The van der Waals surface area contributed by atoms with Crippen molar-refractivity contribution in [1.29, 1.82) is 0 Å². The first-order valence-corrected chi connectivity index (χ1v) is 8.96. The molecule has 0 amide bonds. The van der Waals surface area contributed by atoms with Gasteiger partial charge in [-0.1, -0.05) is 44.2 Å². The van der Waals surface area contributed by atoms with Gasteiger partial charge in [-0.3, -0.25) is 9.79 Å². The number of methoxy groups -OCH3 is 1. The Morgan fingerprint density at radius 2 is 1.89 bits per heavy atom. The van der Waals surface area contributed by atoms with Gasteiger partial charge in [-0.15, -0.1) is 0 Å². The Labute approximate surface area is 159 Å². The minimum atomic E-state index is -0.240. The van der Waals surface area contributed by atoms with Crippen molar-refractivity contribution in [3.05, 3.63) is 77.1 Å². The zero-order valence-corrected chi connectivity index (χ0v) is 16.0. The van der Waals surface area contributed by atoms with E-state index in [2.05, 4.69) is 35.9 Å². The van der Waals surface area contributed by atoms with E-state index in [1.165, 1.54) is 5.56 Å². The molecule has 27 heavy (non-hydrogen) atoms. The van der Waals surface area contributed by atoms with Crippen LogP contribution in [0.4, 0.5) is 5.69 Å². The summed E-state index contributed by atoms with van der Waals surface area (Å²) in [7, 11) is 3.71. The lowest BCUT2D eigenvalue weighted by Crippen LogP contribution is -2.23. The van der Waals surface area contributed by atoms with Crippen LogP contribution in [0, 0.1) is 0 Å². The fraction of sp³-hybridized carbons (Fsp3) is 0.217. The molecule has 0 N–H and O–H groups in total. The third kappa shape index (κ3) is 2.69. The van der Waals surface area contributed by atoms with Gasteiger partial charge in [0.15, 0.2) is 0 Å². The topological polar surface area (TPSA) is 41.9 Å². The first-order valence-electron chi connectivity index (χ1n) is 8.96. The third-order valence-electron chi connectivity index (χ3n) is 5.42. The van der Waals surface area contributed by atoms with Gasteiger partial charge in [0.2, 0.25) is 5.78 Å². The van der Waals surface area contributed by atoms with Crippen molar-refractivity contribution in [2.75, 3.05) is 19.1 Å². The second-order valence-corrected chi connectivity index (χ2v) is 7.34. The number of nitrogens with zero attached hydrogens (tertiary/aromatic N) is 2. The van der Waals surface area contributed by atoms with Crippen molar-refractivity contribution in [2.45, 2.75) is 19.3 Å². The summed E-state index contributed by atoms with van der Waals surface area (Å²) in [5.74, 6) is 0.771. The van der Waals surface area contributed by atoms with Crippen LogP contribution in [0.3, 0.4) is 0 Å². The predicted molar refractivity (Wildman–Crippen MR) is 110 cm³/mol. The Morgan fingerprint density at radius 1 is 1.11 bits per heavy atom. The maximum atomic E-state index is 12.4. The number of aliphatic imine (C=N–C) groups is 1. The molecular formula is C23H22N2O2. The number of carbonyl (C=O) groups is 1. The van der Waals surface area contributed by atoms with Crippen LogP contribution >= 0.6 is 0 Å². The van der Waals surface area contributed by atoms with Gasteiger partial charge in [-0.2, -0.15) is 0 Å². The molecule has 0 radical (unpaired) electrons. The lowest BCUT2D eigenvalue weighted by molar-refractivity contribution is -0.108. The number of rotatable bonds is 2. The van der Waals surface area contributed by atoms with Crippen LogP contribution in [0.25, 0.3) is 6.08 Å². The Hall–Kier alpha value is -3.14. The minimum absolute atomic E-state index is 0.0665. The lowest BCUT2D eigenvalue weighted by Gasteiger charge is -2.23. The van der Waals surface area contributed by atoms with E-state index < -0.39 is 0 Å². The SMILES string of the molecule is COc1ccc2c(c1)C(C)(C)/C(=C\N=C1C(=O)C=Cc3ccccc31)N2C. The Bertz CT molecular complexity index is 1030. The number of anilines is 1. The van der Waals surface area contributed by atoms with Crippen molar-refractivity contribution in [2.24, 2.45) is 4.99 Å². The maximum absolute atomic E-state index is 12.4. The highest BCUT2D eigenvalue weighted by Gasteiger charge is 2.39. The quantitative estimate of drug-likeness (QED) is 0.801. The van der Waals surface area contributed by atoms with Crippen LogP contribution in [0.1, 0.15) is 30.5 Å². The van der Waals surface area contributed by atoms with Gasteiger partial charge >= 0.3 is 0 Å². The molecule has 0 bridgehead atoms. The molecule has 2 aromatic rings. The number of fused-ring (bicyclic) bond motifs is 2. The zero-order valence-electron chi connectivity index (χ0n) is 16.0. The zero-order chi connectivity index (χ0) is 19.2. The summed E-state index contributed by atoms with van der Waals surface area (Å²) < 4.78 is 5.39. The molecule has 136 valence electrons. The average Bonchev–Trinajstić information content (AvgIpc) is 2.86. The van der Waals surface area contributed by atoms with Gasteiger partial charge in [0.05, 0.1) is 7.11 Å². The van der Waals surface area contributed by atoms with Crippen molar-refractivity contribution in [1.82, 2.24) is 0 Å². The summed E-state index contributed by atoms with van der Waals surface area (Å²) in [6, 6.07) is 13.9. The fourth-order valence-electron chi connectivity index (χ4n) is 3.86. The minimum Gasteiger partial charge on any atom is -0.497 e. The summed E-state index contributed by atoms with van der Waals surface area (Å²) in [6.07, 6.45) is 5.26. The molecule has 0 saturated carbocycles. The number of carbonyl (C=O) groups excluding carboxylic acids is 1. The molecule has 0 spiro atoms. The summed E-state index contributed by atoms with van der Waals surface area (Å²) in [5, 5.41) is 0. The largest absolute Gasteiger partial charge is 0.497 e. The number of benzene rings is 2. The van der Waals surface area contributed by atoms with E-state index in [4.69, 9.17) is 4.74 Å². The molecule has 0 fully saturated rings. The molecule has 1 aliphatic carbocycles. The van der Waals surface area contributed by atoms with E-state index in [1.807, 2.05) is 49.7 Å². The monoisotopic (exact) mass is 358 g/mol. The highest BCUT2D eigenvalue weighted by atomic mass is 16.5. The highest BCUT2D eigenvalue weighted by molar-refractivity contribution is 6.52. The Balaban J connectivity index is 1.80. The second-order valence-electron chi connectivity index (χ2n) is 7.34. The number of allylic oxidation sites excluding steroid dienone is 2. The van der Waals surface area contributed by atoms with Gasteiger partial charge < -0.3 is 9.64 Å². The fourth-order valence-corrected chi connectivity index (χ4v) is 3.86. The highest BCUT2D eigenvalue weighted by Crippen LogP contribution is 2.48. The number of hydrogen-bond donors (Lipinski definition) is 0. The number of hydrogen-bond acceptors (Lipinski definition) is 4. The molecular weight excluding hydrogens is 336 g/mol. The summed E-state index contributed by atoms with van der Waals surface area (Å²) >= 11 is 0. The van der Waals surface area contributed by atoms with E-state index in [1.54, 1.807) is 13.2 Å². The first-order chi connectivity index (χ1) is 12.9. The predicted octanol–water partition coefficient (Wildman–Crippen LogP) is 4.35. The molecule has 0 atom stereocenters. The molecule has 2 aliphatic rings. The molecule has 4 rings (SSSR count). The molecule has 0 saturated heterocycles. The standard InChI is InChI=1S/C23H22N2O2/c1-23(2)18-13-16(27-4)10-11-19(18)25(3)21(23)14-24-22-17-8-6-5-7-15(17)9-12-20(22)26/h5-14H,1-4H3/b21-14+,24-22?. The van der Waals surface area contributed by atoms with Gasteiger partial charge in [0.25, 0.3) is 0 Å². The number of ketones is 1. The van der Waals surface area contributed by atoms with Crippen LogP contribution in [0.15, 0.2) is 65.4 Å². The first kappa shape index (κ1) is 17.3. The van der Waals surface area contributed by atoms with E-state index in [-0.39, 0.29) is 11.2 Å². The van der Waals surface area contributed by atoms with Gasteiger partial charge in [-0.25, -0.2) is 0 Å². The van der Waals surface area contributed by atoms with Crippen LogP contribution in [-0.4, -0.2) is 25.7 Å². The Morgan fingerprint density at radius 3 is 2.67 bits per heavy atom.